The third kappa shape index (κ3) is 3.12. The van der Waals surface area contributed by atoms with Gasteiger partial charge in [-0.2, -0.15) is 5.10 Å². The van der Waals surface area contributed by atoms with Gasteiger partial charge in [0.15, 0.2) is 5.82 Å². The summed E-state index contributed by atoms with van der Waals surface area (Å²) in [7, 11) is 1.88. The highest BCUT2D eigenvalue weighted by molar-refractivity contribution is 5.97. The lowest BCUT2D eigenvalue weighted by atomic mass is 9.96. The summed E-state index contributed by atoms with van der Waals surface area (Å²) in [6.45, 7) is 3.02. The number of nitrogens with zero attached hydrogens (tertiary/aromatic N) is 3. The van der Waals surface area contributed by atoms with Gasteiger partial charge in [-0.25, -0.2) is 0 Å². The van der Waals surface area contributed by atoms with Gasteiger partial charge in [0.25, 0.3) is 0 Å². The van der Waals surface area contributed by atoms with Gasteiger partial charge in [-0.05, 0) is 38.5 Å². The van der Waals surface area contributed by atoms with Crippen LogP contribution in [-0.4, -0.2) is 34.3 Å². The van der Waals surface area contributed by atoms with Crippen LogP contribution >= 0.6 is 0 Å². The predicted octanol–water partition coefficient (Wildman–Crippen LogP) is 2.08. The van der Waals surface area contributed by atoms with Crippen LogP contribution in [0.25, 0.3) is 0 Å². The van der Waals surface area contributed by atoms with Crippen molar-refractivity contribution in [3.05, 3.63) is 12.3 Å². The van der Waals surface area contributed by atoms with Crippen molar-refractivity contribution in [2.24, 2.45) is 13.0 Å². The second-order valence-electron chi connectivity index (χ2n) is 6.53. The third-order valence-electron chi connectivity index (χ3n) is 4.99. The maximum Gasteiger partial charge on any atom is 0.245 e. The molecule has 1 aromatic heterocycles. The summed E-state index contributed by atoms with van der Waals surface area (Å²) < 4.78 is 1.75. The molecule has 2 heterocycles. The Morgan fingerprint density at radius 3 is 2.71 bits per heavy atom. The summed E-state index contributed by atoms with van der Waals surface area (Å²) in [5.74, 6) is 1.70. The summed E-state index contributed by atoms with van der Waals surface area (Å²) in [4.78, 5) is 14.5. The van der Waals surface area contributed by atoms with E-state index in [1.54, 1.807) is 4.68 Å². The van der Waals surface area contributed by atoms with Gasteiger partial charge in [0.05, 0.1) is 6.04 Å². The van der Waals surface area contributed by atoms with Crippen molar-refractivity contribution in [3.63, 3.8) is 0 Å². The molecule has 1 aliphatic heterocycles. The highest BCUT2D eigenvalue weighted by Crippen LogP contribution is 2.28. The lowest BCUT2D eigenvalue weighted by Crippen LogP contribution is -2.54. The SMILES string of the molecule is C[C@H](N[C@H]1CCCN(c2ccn(C)n2)C1=O)C1CCCC1. The Bertz CT molecular complexity index is 492. The molecule has 0 bridgehead atoms. The van der Waals surface area contributed by atoms with Gasteiger partial charge in [-0.3, -0.25) is 14.4 Å². The molecule has 0 unspecified atom stereocenters. The maximum atomic E-state index is 12.7. The zero-order valence-corrected chi connectivity index (χ0v) is 13.1. The summed E-state index contributed by atoms with van der Waals surface area (Å²) in [6, 6.07) is 2.31. The summed E-state index contributed by atoms with van der Waals surface area (Å²) in [5.41, 5.74) is 0. The number of piperidine rings is 1. The van der Waals surface area contributed by atoms with Crippen molar-refractivity contribution in [3.8, 4) is 0 Å². The van der Waals surface area contributed by atoms with Crippen LogP contribution in [0.4, 0.5) is 5.82 Å². The van der Waals surface area contributed by atoms with Gasteiger partial charge in [0.2, 0.25) is 5.91 Å². The second kappa shape index (κ2) is 6.18. The van der Waals surface area contributed by atoms with Crippen molar-refractivity contribution in [1.82, 2.24) is 15.1 Å². The Morgan fingerprint density at radius 1 is 1.29 bits per heavy atom. The van der Waals surface area contributed by atoms with Crippen LogP contribution in [0, 0.1) is 5.92 Å². The molecule has 1 amide bonds. The normalized spacial score (nSPS) is 25.5. The summed E-state index contributed by atoms with van der Waals surface area (Å²) in [5, 5.41) is 7.96. The van der Waals surface area contributed by atoms with Crippen molar-refractivity contribution >= 4 is 11.7 Å². The molecule has 0 radical (unpaired) electrons. The molecular weight excluding hydrogens is 264 g/mol. The van der Waals surface area contributed by atoms with Crippen LogP contribution in [-0.2, 0) is 11.8 Å². The monoisotopic (exact) mass is 290 g/mol. The smallest absolute Gasteiger partial charge is 0.245 e. The number of anilines is 1. The maximum absolute atomic E-state index is 12.7. The van der Waals surface area contributed by atoms with Gasteiger partial charge >= 0.3 is 0 Å². The second-order valence-corrected chi connectivity index (χ2v) is 6.53. The zero-order valence-electron chi connectivity index (χ0n) is 13.1. The molecule has 1 saturated carbocycles. The Kier molecular flexibility index (Phi) is 4.29. The Labute approximate surface area is 126 Å². The van der Waals surface area contributed by atoms with E-state index in [2.05, 4.69) is 17.3 Å². The largest absolute Gasteiger partial charge is 0.303 e. The minimum Gasteiger partial charge on any atom is -0.303 e. The standard InChI is InChI=1S/C16H26N4O/c1-12(13-6-3-4-7-13)17-14-8-5-10-20(16(14)21)15-9-11-19(2)18-15/h9,11-14,17H,3-8,10H2,1-2H3/t12-,14-/m0/s1. The molecule has 1 aliphatic carbocycles. The molecule has 1 N–H and O–H groups in total. The molecule has 3 rings (SSSR count). The van der Waals surface area contributed by atoms with Gasteiger partial charge in [0.1, 0.15) is 0 Å². The lowest BCUT2D eigenvalue weighted by Gasteiger charge is -2.34. The van der Waals surface area contributed by atoms with Crippen molar-refractivity contribution < 1.29 is 4.79 Å². The number of aromatic nitrogens is 2. The van der Waals surface area contributed by atoms with Gasteiger partial charge in [0, 0.05) is 31.9 Å². The van der Waals surface area contributed by atoms with Crippen LogP contribution in [0.15, 0.2) is 12.3 Å². The average molecular weight is 290 g/mol. The molecule has 2 aliphatic rings. The van der Waals surface area contributed by atoms with E-state index in [1.165, 1.54) is 25.7 Å². The molecule has 1 aromatic rings. The van der Waals surface area contributed by atoms with Crippen LogP contribution in [0.3, 0.4) is 0 Å². The highest BCUT2D eigenvalue weighted by Gasteiger charge is 2.33. The Morgan fingerprint density at radius 2 is 2.05 bits per heavy atom. The number of rotatable bonds is 4. The van der Waals surface area contributed by atoms with Crippen molar-refractivity contribution in [1.29, 1.82) is 0 Å². The molecule has 116 valence electrons. The minimum absolute atomic E-state index is 0.0450. The summed E-state index contributed by atoms with van der Waals surface area (Å²) >= 11 is 0. The molecule has 5 nitrogen and oxygen atoms in total. The van der Waals surface area contributed by atoms with Gasteiger partial charge in [-0.15, -0.1) is 0 Å². The van der Waals surface area contributed by atoms with E-state index in [4.69, 9.17) is 0 Å². The van der Waals surface area contributed by atoms with E-state index in [0.717, 1.165) is 31.1 Å². The van der Waals surface area contributed by atoms with Crippen molar-refractivity contribution in [2.45, 2.75) is 57.5 Å². The first-order valence-corrected chi connectivity index (χ1v) is 8.22. The topological polar surface area (TPSA) is 50.2 Å². The van der Waals surface area contributed by atoms with Crippen molar-refractivity contribution in [2.75, 3.05) is 11.4 Å². The number of hydrogen-bond acceptors (Lipinski definition) is 3. The van der Waals surface area contributed by atoms with Crippen LogP contribution in [0.2, 0.25) is 0 Å². The van der Waals surface area contributed by atoms with Crippen LogP contribution in [0.5, 0.6) is 0 Å². The fourth-order valence-corrected chi connectivity index (χ4v) is 3.71. The van der Waals surface area contributed by atoms with E-state index in [-0.39, 0.29) is 11.9 Å². The average Bonchev–Trinajstić information content (AvgIpc) is 3.12. The molecule has 2 atom stereocenters. The highest BCUT2D eigenvalue weighted by atomic mass is 16.2. The molecule has 0 spiro atoms. The number of amides is 1. The molecule has 5 heteroatoms. The fourth-order valence-electron chi connectivity index (χ4n) is 3.71. The Hall–Kier alpha value is -1.36. The van der Waals surface area contributed by atoms with Crippen LogP contribution in [0.1, 0.15) is 45.4 Å². The van der Waals surface area contributed by atoms with E-state index in [0.29, 0.717) is 6.04 Å². The predicted molar refractivity (Wildman–Crippen MR) is 83.1 cm³/mol. The molecule has 1 saturated heterocycles. The number of carbonyl (C=O) groups is 1. The molecule has 21 heavy (non-hydrogen) atoms. The zero-order chi connectivity index (χ0) is 14.8. The quantitative estimate of drug-likeness (QED) is 0.923. The first kappa shape index (κ1) is 14.6. The number of carbonyl (C=O) groups excluding carboxylic acids is 1. The molecular formula is C16H26N4O. The first-order valence-electron chi connectivity index (χ1n) is 8.22. The lowest BCUT2D eigenvalue weighted by molar-refractivity contribution is -0.122. The van der Waals surface area contributed by atoms with E-state index < -0.39 is 0 Å². The van der Waals surface area contributed by atoms with E-state index in [1.807, 2.05) is 24.2 Å². The molecule has 2 fully saturated rings. The van der Waals surface area contributed by atoms with E-state index in [9.17, 15) is 4.79 Å². The Balaban J connectivity index is 1.64. The molecule has 0 aromatic carbocycles. The third-order valence-corrected chi connectivity index (χ3v) is 4.99. The van der Waals surface area contributed by atoms with E-state index >= 15 is 0 Å². The minimum atomic E-state index is -0.0450. The fraction of sp³-hybridized carbons (Fsp3) is 0.750. The number of hydrogen-bond donors (Lipinski definition) is 1. The number of aryl methyl sites for hydroxylation is 1. The summed E-state index contributed by atoms with van der Waals surface area (Å²) in [6.07, 6.45) is 9.17. The van der Waals surface area contributed by atoms with Gasteiger partial charge in [-0.1, -0.05) is 12.8 Å². The first-order chi connectivity index (χ1) is 10.1. The van der Waals surface area contributed by atoms with Gasteiger partial charge < -0.3 is 5.32 Å². The number of nitrogens with one attached hydrogen (secondary N) is 1. The van der Waals surface area contributed by atoms with Crippen LogP contribution < -0.4 is 10.2 Å².